The van der Waals surface area contributed by atoms with E-state index in [0.717, 1.165) is 6.07 Å². The number of carbonyl (C=O) groups is 1. The standard InChI is InChI=1S/C23H15F9N4O/c1-2-15-8-16-17(4-3-11(9-33)19(16)23(30,31)32)36(15)10-18(34)35-20(37)12-5-13(21(24,25)26)7-14(6-12)22(27,28)29/h3-8H,2,10H2,1H3,(H2,34,35,37). The minimum Gasteiger partial charge on any atom is -0.386 e. The molecule has 37 heavy (non-hydrogen) atoms. The zero-order chi connectivity index (χ0) is 27.9. The number of benzene rings is 2. The molecule has 1 aromatic heterocycles. The molecule has 0 radical (unpaired) electrons. The van der Waals surface area contributed by atoms with Gasteiger partial charge in [-0.2, -0.15) is 49.8 Å². The smallest absolute Gasteiger partial charge is 0.386 e. The quantitative estimate of drug-likeness (QED) is 0.241. The highest BCUT2D eigenvalue weighted by Crippen LogP contribution is 2.39. The summed E-state index contributed by atoms with van der Waals surface area (Å²) >= 11 is 0. The largest absolute Gasteiger partial charge is 0.418 e. The Labute approximate surface area is 202 Å². The molecule has 0 saturated heterocycles. The second kappa shape index (κ2) is 9.45. The van der Waals surface area contributed by atoms with Gasteiger partial charge in [0.05, 0.1) is 34.9 Å². The number of aryl methyl sites for hydroxylation is 1. The fourth-order valence-electron chi connectivity index (χ4n) is 3.74. The number of aromatic nitrogens is 1. The molecule has 196 valence electrons. The Balaban J connectivity index is 2.07. The van der Waals surface area contributed by atoms with Crippen LogP contribution in [-0.2, 0) is 31.5 Å². The third-order valence-electron chi connectivity index (χ3n) is 5.34. The molecule has 3 aromatic rings. The van der Waals surface area contributed by atoms with Gasteiger partial charge in [0, 0.05) is 22.2 Å². The summed E-state index contributed by atoms with van der Waals surface area (Å²) in [6, 6.07) is 5.04. The summed E-state index contributed by atoms with van der Waals surface area (Å²) in [5.74, 6) is -2.09. The van der Waals surface area contributed by atoms with Gasteiger partial charge in [-0.15, -0.1) is 0 Å². The summed E-state index contributed by atoms with van der Waals surface area (Å²) in [6.07, 6.45) is -15.1. The molecule has 0 spiro atoms. The van der Waals surface area contributed by atoms with Crippen molar-refractivity contribution in [3.63, 3.8) is 0 Å². The maximum absolute atomic E-state index is 13.7. The van der Waals surface area contributed by atoms with Crippen molar-refractivity contribution < 1.29 is 44.3 Å². The maximum Gasteiger partial charge on any atom is 0.418 e. The predicted molar refractivity (Wildman–Crippen MR) is 113 cm³/mol. The molecule has 0 aliphatic heterocycles. The van der Waals surface area contributed by atoms with Crippen molar-refractivity contribution in [3.8, 4) is 6.07 Å². The number of rotatable bonds is 4. The van der Waals surface area contributed by atoms with Crippen LogP contribution in [0.25, 0.3) is 10.9 Å². The van der Waals surface area contributed by atoms with E-state index in [0.29, 0.717) is 5.69 Å². The molecule has 1 amide bonds. The lowest BCUT2D eigenvalue weighted by Crippen LogP contribution is -2.22. The van der Waals surface area contributed by atoms with Crippen LogP contribution in [0.4, 0.5) is 39.5 Å². The molecule has 0 aliphatic rings. The van der Waals surface area contributed by atoms with E-state index < -0.39 is 64.6 Å². The predicted octanol–water partition coefficient (Wildman–Crippen LogP) is 6.33. The Morgan fingerprint density at radius 1 is 0.946 bits per heavy atom. The van der Waals surface area contributed by atoms with Gasteiger partial charge in [0.15, 0.2) is 0 Å². The SMILES string of the molecule is CCc1cc2c(C(F)(F)F)c(C#N)ccc2n1CC(N)=NC(=O)c1cc(C(F)(F)F)cc(C(F)(F)F)c1. The maximum atomic E-state index is 13.7. The number of halogens is 9. The summed E-state index contributed by atoms with van der Waals surface area (Å²) in [6.45, 7) is 1.09. The van der Waals surface area contributed by atoms with E-state index in [1.807, 2.05) is 0 Å². The molecule has 14 heteroatoms. The molecule has 0 bridgehead atoms. The molecule has 1 heterocycles. The molecule has 2 aromatic carbocycles. The average Bonchev–Trinajstić information content (AvgIpc) is 3.13. The lowest BCUT2D eigenvalue weighted by molar-refractivity contribution is -0.143. The first kappa shape index (κ1) is 27.6. The second-order valence-electron chi connectivity index (χ2n) is 7.81. The van der Waals surface area contributed by atoms with Gasteiger partial charge in [-0.3, -0.25) is 4.79 Å². The van der Waals surface area contributed by atoms with Crippen LogP contribution in [0.3, 0.4) is 0 Å². The molecule has 0 atom stereocenters. The number of nitrogens with zero attached hydrogens (tertiary/aromatic N) is 3. The van der Waals surface area contributed by atoms with Crippen molar-refractivity contribution in [1.82, 2.24) is 4.57 Å². The van der Waals surface area contributed by atoms with Gasteiger partial charge in [0.1, 0.15) is 5.84 Å². The summed E-state index contributed by atoms with van der Waals surface area (Å²) in [5.41, 5.74) is -0.284. The normalized spacial score (nSPS) is 13.2. The molecule has 5 nitrogen and oxygen atoms in total. The highest BCUT2D eigenvalue weighted by atomic mass is 19.4. The van der Waals surface area contributed by atoms with Crippen molar-refractivity contribution in [1.29, 1.82) is 5.26 Å². The third kappa shape index (κ3) is 5.71. The number of carbonyl (C=O) groups excluding carboxylic acids is 1. The van der Waals surface area contributed by atoms with Crippen molar-refractivity contribution in [3.05, 3.63) is 69.9 Å². The van der Waals surface area contributed by atoms with Crippen LogP contribution in [-0.4, -0.2) is 16.3 Å². The van der Waals surface area contributed by atoms with Crippen LogP contribution in [0.2, 0.25) is 0 Å². The van der Waals surface area contributed by atoms with Crippen LogP contribution in [0.1, 0.15) is 45.2 Å². The van der Waals surface area contributed by atoms with Gasteiger partial charge >= 0.3 is 18.5 Å². The lowest BCUT2D eigenvalue weighted by Gasteiger charge is -2.13. The fourth-order valence-corrected chi connectivity index (χ4v) is 3.74. The number of nitrogens with two attached hydrogens (primary N) is 1. The minimum absolute atomic E-state index is 0.0211. The number of aliphatic imine (C=N–C) groups is 1. The Morgan fingerprint density at radius 3 is 1.97 bits per heavy atom. The van der Waals surface area contributed by atoms with Gasteiger partial charge in [-0.1, -0.05) is 6.92 Å². The molecule has 0 aliphatic carbocycles. The van der Waals surface area contributed by atoms with Gasteiger partial charge in [0.25, 0.3) is 5.91 Å². The van der Waals surface area contributed by atoms with Crippen molar-refractivity contribution in [2.24, 2.45) is 10.7 Å². The molecule has 0 saturated carbocycles. The summed E-state index contributed by atoms with van der Waals surface area (Å²) in [7, 11) is 0. The zero-order valence-electron chi connectivity index (χ0n) is 18.6. The van der Waals surface area contributed by atoms with Gasteiger partial charge in [-0.05, 0) is 42.8 Å². The molecular weight excluding hydrogens is 519 g/mol. The first-order chi connectivity index (χ1) is 17.0. The van der Waals surface area contributed by atoms with Crippen molar-refractivity contribution in [2.75, 3.05) is 0 Å². The van der Waals surface area contributed by atoms with Crippen LogP contribution in [0.5, 0.6) is 0 Å². The molecular formula is C23H15F9N4O. The molecule has 0 fully saturated rings. The fraction of sp³-hybridized carbons (Fsp3) is 0.261. The number of hydrogen-bond donors (Lipinski definition) is 1. The highest BCUT2D eigenvalue weighted by molar-refractivity contribution is 6.03. The van der Waals surface area contributed by atoms with Gasteiger partial charge < -0.3 is 10.3 Å². The molecule has 3 rings (SSSR count). The number of hydrogen-bond acceptors (Lipinski definition) is 2. The number of alkyl halides is 9. The second-order valence-corrected chi connectivity index (χ2v) is 7.81. The average molecular weight is 534 g/mol. The molecule has 0 unspecified atom stereocenters. The van der Waals surface area contributed by atoms with E-state index in [2.05, 4.69) is 4.99 Å². The zero-order valence-corrected chi connectivity index (χ0v) is 18.6. The topological polar surface area (TPSA) is 84.2 Å². The lowest BCUT2D eigenvalue weighted by atomic mass is 10.0. The van der Waals surface area contributed by atoms with E-state index in [-0.39, 0.29) is 35.5 Å². The van der Waals surface area contributed by atoms with E-state index in [9.17, 15) is 44.3 Å². The first-order valence-corrected chi connectivity index (χ1v) is 10.3. The number of amides is 1. The third-order valence-corrected chi connectivity index (χ3v) is 5.34. The summed E-state index contributed by atoms with van der Waals surface area (Å²) in [5, 5.41) is 8.77. The van der Waals surface area contributed by atoms with E-state index >= 15 is 0 Å². The number of fused-ring (bicyclic) bond motifs is 1. The minimum atomic E-state index is -5.19. The van der Waals surface area contributed by atoms with Crippen molar-refractivity contribution >= 4 is 22.6 Å². The number of nitriles is 1. The van der Waals surface area contributed by atoms with E-state index in [4.69, 9.17) is 11.0 Å². The van der Waals surface area contributed by atoms with Crippen LogP contribution < -0.4 is 5.73 Å². The molecule has 2 N–H and O–H groups in total. The Bertz CT molecular complexity index is 1410. The van der Waals surface area contributed by atoms with Crippen LogP contribution >= 0.6 is 0 Å². The first-order valence-electron chi connectivity index (χ1n) is 10.3. The summed E-state index contributed by atoms with van der Waals surface area (Å²) in [4.78, 5) is 15.8. The Morgan fingerprint density at radius 2 is 1.51 bits per heavy atom. The monoisotopic (exact) mass is 534 g/mol. The van der Waals surface area contributed by atoms with Gasteiger partial charge in [0.2, 0.25) is 0 Å². The summed E-state index contributed by atoms with van der Waals surface area (Å²) < 4.78 is 121. The number of amidine groups is 1. The van der Waals surface area contributed by atoms with Crippen LogP contribution in [0.15, 0.2) is 41.4 Å². The van der Waals surface area contributed by atoms with Crippen molar-refractivity contribution in [2.45, 2.75) is 38.4 Å². The Hall–Kier alpha value is -4.02. The Kier molecular flexibility index (Phi) is 7.04. The highest BCUT2D eigenvalue weighted by Gasteiger charge is 2.38. The van der Waals surface area contributed by atoms with E-state index in [1.54, 1.807) is 6.92 Å². The van der Waals surface area contributed by atoms with Crippen LogP contribution in [0, 0.1) is 11.3 Å². The van der Waals surface area contributed by atoms with Gasteiger partial charge in [-0.25, -0.2) is 0 Å². The van der Waals surface area contributed by atoms with E-state index in [1.165, 1.54) is 22.8 Å².